The zero-order valence-electron chi connectivity index (χ0n) is 9.71. The quantitative estimate of drug-likeness (QED) is 0.634. The van der Waals surface area contributed by atoms with Gasteiger partial charge in [0, 0.05) is 18.6 Å². The molecule has 0 aromatic rings. The number of aliphatic hydroxyl groups excluding tert-OH is 1. The lowest BCUT2D eigenvalue weighted by Crippen LogP contribution is -2.49. The van der Waals surface area contributed by atoms with Crippen molar-refractivity contribution in [2.24, 2.45) is 5.92 Å². The maximum Gasteiger partial charge on any atom is 0.0817 e. The van der Waals surface area contributed by atoms with Crippen molar-refractivity contribution in [3.63, 3.8) is 0 Å². The van der Waals surface area contributed by atoms with E-state index in [1.54, 1.807) is 0 Å². The van der Waals surface area contributed by atoms with Gasteiger partial charge in [-0.2, -0.15) is 0 Å². The van der Waals surface area contributed by atoms with Gasteiger partial charge in [0.25, 0.3) is 0 Å². The first-order valence-corrected chi connectivity index (χ1v) is 6.44. The summed E-state index contributed by atoms with van der Waals surface area (Å²) in [6.07, 6.45) is 6.05. The van der Waals surface area contributed by atoms with Crippen LogP contribution in [0.3, 0.4) is 0 Å². The van der Waals surface area contributed by atoms with Crippen LogP contribution in [0.2, 0.25) is 0 Å². The highest BCUT2D eigenvalue weighted by molar-refractivity contribution is 4.87. The molecule has 88 valence electrons. The smallest absolute Gasteiger partial charge is 0.0817 e. The second kappa shape index (κ2) is 5.28. The summed E-state index contributed by atoms with van der Waals surface area (Å²) in [6.45, 7) is 4.09. The molecule has 2 aliphatic rings. The predicted octanol–water partition coefficient (Wildman–Crippen LogP) is 0.877. The standard InChI is InChI=1S/C12H24N2O/c1-2-9-5-6-13-11(7-9)12(15)8-14-10-3-4-10/h9-15H,2-8H2,1H3. The molecule has 3 nitrogen and oxygen atoms in total. The minimum atomic E-state index is -0.208. The molecule has 1 aliphatic heterocycles. The van der Waals surface area contributed by atoms with E-state index < -0.39 is 0 Å². The zero-order valence-corrected chi connectivity index (χ0v) is 9.71. The van der Waals surface area contributed by atoms with Crippen molar-refractivity contribution in [3.8, 4) is 0 Å². The largest absolute Gasteiger partial charge is 0.390 e. The first-order valence-electron chi connectivity index (χ1n) is 6.44. The summed E-state index contributed by atoms with van der Waals surface area (Å²) in [7, 11) is 0. The predicted molar refractivity (Wildman–Crippen MR) is 61.8 cm³/mol. The molecule has 3 unspecified atom stereocenters. The summed E-state index contributed by atoms with van der Waals surface area (Å²) in [6, 6.07) is 1.01. The average Bonchev–Trinajstić information content (AvgIpc) is 3.10. The molecule has 3 heteroatoms. The van der Waals surface area contributed by atoms with Crippen molar-refractivity contribution in [1.82, 2.24) is 10.6 Å². The minimum Gasteiger partial charge on any atom is -0.390 e. The number of piperidine rings is 1. The van der Waals surface area contributed by atoms with E-state index in [0.29, 0.717) is 12.1 Å². The Morgan fingerprint density at radius 1 is 1.40 bits per heavy atom. The summed E-state index contributed by atoms with van der Waals surface area (Å²) in [5.41, 5.74) is 0. The molecule has 0 aromatic heterocycles. The molecule has 1 saturated carbocycles. The SMILES string of the molecule is CCC1CCNC(C(O)CNC2CC2)C1. The summed E-state index contributed by atoms with van der Waals surface area (Å²) in [4.78, 5) is 0. The van der Waals surface area contributed by atoms with E-state index in [1.165, 1.54) is 25.7 Å². The number of aliphatic hydroxyl groups is 1. The maximum atomic E-state index is 10.0. The summed E-state index contributed by atoms with van der Waals surface area (Å²) >= 11 is 0. The van der Waals surface area contributed by atoms with Crippen LogP contribution >= 0.6 is 0 Å². The van der Waals surface area contributed by atoms with Crippen LogP contribution in [0.5, 0.6) is 0 Å². The van der Waals surface area contributed by atoms with E-state index >= 15 is 0 Å². The first kappa shape index (κ1) is 11.4. The third-order valence-corrected chi connectivity index (χ3v) is 3.78. The zero-order chi connectivity index (χ0) is 10.7. The summed E-state index contributed by atoms with van der Waals surface area (Å²) in [5.74, 6) is 0.812. The van der Waals surface area contributed by atoms with Gasteiger partial charge in [-0.05, 0) is 38.1 Å². The third-order valence-electron chi connectivity index (χ3n) is 3.78. The van der Waals surface area contributed by atoms with E-state index in [4.69, 9.17) is 0 Å². The molecule has 2 fully saturated rings. The normalized spacial score (nSPS) is 34.0. The van der Waals surface area contributed by atoms with Crippen LogP contribution in [0.4, 0.5) is 0 Å². The Morgan fingerprint density at radius 2 is 2.20 bits per heavy atom. The summed E-state index contributed by atoms with van der Waals surface area (Å²) < 4.78 is 0. The van der Waals surface area contributed by atoms with Gasteiger partial charge in [0.15, 0.2) is 0 Å². The molecule has 0 radical (unpaired) electrons. The van der Waals surface area contributed by atoms with E-state index in [2.05, 4.69) is 17.6 Å². The maximum absolute atomic E-state index is 10.0. The second-order valence-electron chi connectivity index (χ2n) is 5.11. The second-order valence-corrected chi connectivity index (χ2v) is 5.11. The van der Waals surface area contributed by atoms with E-state index in [9.17, 15) is 5.11 Å². The van der Waals surface area contributed by atoms with Crippen molar-refractivity contribution in [1.29, 1.82) is 0 Å². The molecule has 3 atom stereocenters. The Morgan fingerprint density at radius 3 is 2.87 bits per heavy atom. The highest BCUT2D eigenvalue weighted by Crippen LogP contribution is 2.22. The van der Waals surface area contributed by atoms with E-state index in [-0.39, 0.29) is 6.10 Å². The molecule has 0 spiro atoms. The van der Waals surface area contributed by atoms with Crippen molar-refractivity contribution >= 4 is 0 Å². The van der Waals surface area contributed by atoms with Gasteiger partial charge in [-0.3, -0.25) is 0 Å². The molecule has 1 aliphatic carbocycles. The lowest BCUT2D eigenvalue weighted by atomic mass is 9.88. The molecule has 2 rings (SSSR count). The fourth-order valence-electron chi connectivity index (χ4n) is 2.41. The Bertz CT molecular complexity index is 194. The highest BCUT2D eigenvalue weighted by atomic mass is 16.3. The topological polar surface area (TPSA) is 44.3 Å². The van der Waals surface area contributed by atoms with Gasteiger partial charge >= 0.3 is 0 Å². The monoisotopic (exact) mass is 212 g/mol. The molecule has 3 N–H and O–H groups in total. The minimum absolute atomic E-state index is 0.208. The van der Waals surface area contributed by atoms with Crippen LogP contribution in [0.1, 0.15) is 39.0 Å². The van der Waals surface area contributed by atoms with Crippen LogP contribution in [0, 0.1) is 5.92 Å². The van der Waals surface area contributed by atoms with E-state index in [1.807, 2.05) is 0 Å². The van der Waals surface area contributed by atoms with Gasteiger partial charge in [0.05, 0.1) is 6.10 Å². The molecule has 15 heavy (non-hydrogen) atoms. The van der Waals surface area contributed by atoms with Crippen LogP contribution in [-0.2, 0) is 0 Å². The van der Waals surface area contributed by atoms with Crippen molar-refractivity contribution < 1.29 is 5.11 Å². The Labute approximate surface area is 92.6 Å². The molecule has 1 saturated heterocycles. The fraction of sp³-hybridized carbons (Fsp3) is 1.00. The molecular formula is C12H24N2O. The number of rotatable bonds is 5. The Kier molecular flexibility index (Phi) is 4.00. The Hall–Kier alpha value is -0.120. The van der Waals surface area contributed by atoms with Crippen LogP contribution in [0.25, 0.3) is 0 Å². The molecule has 0 aromatic carbocycles. The van der Waals surface area contributed by atoms with Crippen molar-refractivity contribution in [2.75, 3.05) is 13.1 Å². The lowest BCUT2D eigenvalue weighted by molar-refractivity contribution is 0.0963. The first-order chi connectivity index (χ1) is 7.29. The Balaban J connectivity index is 1.70. The van der Waals surface area contributed by atoms with Crippen molar-refractivity contribution in [2.45, 2.75) is 57.2 Å². The van der Waals surface area contributed by atoms with Gasteiger partial charge in [0.2, 0.25) is 0 Å². The van der Waals surface area contributed by atoms with Gasteiger partial charge < -0.3 is 15.7 Å². The van der Waals surface area contributed by atoms with Crippen LogP contribution in [-0.4, -0.2) is 36.4 Å². The van der Waals surface area contributed by atoms with E-state index in [0.717, 1.165) is 25.4 Å². The van der Waals surface area contributed by atoms with Crippen LogP contribution < -0.4 is 10.6 Å². The third kappa shape index (κ3) is 3.44. The van der Waals surface area contributed by atoms with Gasteiger partial charge in [-0.15, -0.1) is 0 Å². The van der Waals surface area contributed by atoms with Crippen molar-refractivity contribution in [3.05, 3.63) is 0 Å². The highest BCUT2D eigenvalue weighted by Gasteiger charge is 2.28. The fourth-order valence-corrected chi connectivity index (χ4v) is 2.41. The number of nitrogens with one attached hydrogen (secondary N) is 2. The van der Waals surface area contributed by atoms with Crippen LogP contribution in [0.15, 0.2) is 0 Å². The van der Waals surface area contributed by atoms with Gasteiger partial charge in [0.1, 0.15) is 0 Å². The number of hydrogen-bond donors (Lipinski definition) is 3. The molecule has 1 heterocycles. The molecule has 0 amide bonds. The molecular weight excluding hydrogens is 188 g/mol. The van der Waals surface area contributed by atoms with Gasteiger partial charge in [-0.1, -0.05) is 13.3 Å². The van der Waals surface area contributed by atoms with Gasteiger partial charge in [-0.25, -0.2) is 0 Å². The average molecular weight is 212 g/mol. The molecule has 0 bridgehead atoms. The summed E-state index contributed by atoms with van der Waals surface area (Å²) in [5, 5.41) is 16.9. The number of hydrogen-bond acceptors (Lipinski definition) is 3. The lowest BCUT2D eigenvalue weighted by Gasteiger charge is -2.33.